The van der Waals surface area contributed by atoms with Crippen molar-refractivity contribution in [1.29, 1.82) is 0 Å². The fourth-order valence-corrected chi connectivity index (χ4v) is 3.06. The lowest BCUT2D eigenvalue weighted by Gasteiger charge is -2.20. The summed E-state index contributed by atoms with van der Waals surface area (Å²) in [6.07, 6.45) is 1.35. The minimum atomic E-state index is -0.373. The molecule has 0 bridgehead atoms. The summed E-state index contributed by atoms with van der Waals surface area (Å²) in [6.45, 7) is 9.84. The standard InChI is InChI=1S/C24H33N3O2/c1-6-19-7-11-21(12-8-19)17(4)27-24(29)18(5)26-22-13-9-20(10-14-22)15-23(28)25-16(2)3/h7-14,16-18,26H,6,15H2,1-5H3,(H,25,28)(H,27,29). The molecule has 156 valence electrons. The zero-order valence-electron chi connectivity index (χ0n) is 18.1. The number of amides is 2. The highest BCUT2D eigenvalue weighted by Gasteiger charge is 2.16. The number of benzene rings is 2. The molecule has 2 atom stereocenters. The molecule has 2 rings (SSSR count). The number of aryl methyl sites for hydroxylation is 1. The molecule has 2 amide bonds. The van der Waals surface area contributed by atoms with Crippen molar-refractivity contribution in [2.45, 2.75) is 65.6 Å². The molecule has 0 saturated carbocycles. The van der Waals surface area contributed by atoms with Gasteiger partial charge in [-0.2, -0.15) is 0 Å². The lowest BCUT2D eigenvalue weighted by molar-refractivity contribution is -0.122. The first kappa shape index (κ1) is 22.5. The van der Waals surface area contributed by atoms with Gasteiger partial charge in [-0.05, 0) is 62.9 Å². The van der Waals surface area contributed by atoms with Crippen molar-refractivity contribution >= 4 is 17.5 Å². The van der Waals surface area contributed by atoms with E-state index in [9.17, 15) is 9.59 Å². The Morgan fingerprint density at radius 1 is 0.828 bits per heavy atom. The molecule has 0 heterocycles. The molecule has 5 nitrogen and oxygen atoms in total. The maximum absolute atomic E-state index is 12.5. The molecule has 0 aliphatic rings. The predicted molar refractivity (Wildman–Crippen MR) is 119 cm³/mol. The van der Waals surface area contributed by atoms with E-state index in [2.05, 4.69) is 47.1 Å². The fourth-order valence-electron chi connectivity index (χ4n) is 3.06. The number of nitrogens with one attached hydrogen (secondary N) is 3. The van der Waals surface area contributed by atoms with Crippen LogP contribution >= 0.6 is 0 Å². The molecule has 0 saturated heterocycles. The van der Waals surface area contributed by atoms with E-state index in [1.54, 1.807) is 0 Å². The first-order valence-electron chi connectivity index (χ1n) is 10.3. The van der Waals surface area contributed by atoms with Crippen molar-refractivity contribution in [3.8, 4) is 0 Å². The van der Waals surface area contributed by atoms with Gasteiger partial charge in [0, 0.05) is 11.7 Å². The molecule has 0 radical (unpaired) electrons. The number of carbonyl (C=O) groups excluding carboxylic acids is 2. The Balaban J connectivity index is 1.87. The van der Waals surface area contributed by atoms with Gasteiger partial charge >= 0.3 is 0 Å². The molecule has 5 heteroatoms. The predicted octanol–water partition coefficient (Wildman–Crippen LogP) is 3.99. The molecule has 0 aliphatic carbocycles. The van der Waals surface area contributed by atoms with Crippen molar-refractivity contribution in [3.05, 3.63) is 65.2 Å². The lowest BCUT2D eigenvalue weighted by atomic mass is 10.0. The minimum Gasteiger partial charge on any atom is -0.374 e. The van der Waals surface area contributed by atoms with Crippen molar-refractivity contribution in [1.82, 2.24) is 10.6 Å². The highest BCUT2D eigenvalue weighted by Crippen LogP contribution is 2.15. The molecule has 2 aromatic carbocycles. The Bertz CT molecular complexity index is 798. The number of anilines is 1. The SMILES string of the molecule is CCc1ccc(C(C)NC(=O)C(C)Nc2ccc(CC(=O)NC(C)C)cc2)cc1. The van der Waals surface area contributed by atoms with Crippen LogP contribution < -0.4 is 16.0 Å². The molecule has 2 aromatic rings. The number of hydrogen-bond donors (Lipinski definition) is 3. The summed E-state index contributed by atoms with van der Waals surface area (Å²) in [4.78, 5) is 24.4. The topological polar surface area (TPSA) is 70.2 Å². The average Bonchev–Trinajstić information content (AvgIpc) is 2.68. The van der Waals surface area contributed by atoms with E-state index >= 15 is 0 Å². The van der Waals surface area contributed by atoms with Gasteiger partial charge in [-0.25, -0.2) is 0 Å². The van der Waals surface area contributed by atoms with E-state index < -0.39 is 0 Å². The second-order valence-corrected chi connectivity index (χ2v) is 7.79. The van der Waals surface area contributed by atoms with Crippen LogP contribution in [0.15, 0.2) is 48.5 Å². The van der Waals surface area contributed by atoms with Crippen LogP contribution in [0.5, 0.6) is 0 Å². The van der Waals surface area contributed by atoms with Crippen molar-refractivity contribution in [2.75, 3.05) is 5.32 Å². The molecule has 0 spiro atoms. The van der Waals surface area contributed by atoms with Gasteiger partial charge in [-0.3, -0.25) is 9.59 Å². The van der Waals surface area contributed by atoms with Gasteiger partial charge in [0.05, 0.1) is 12.5 Å². The summed E-state index contributed by atoms with van der Waals surface area (Å²) >= 11 is 0. The molecule has 0 aromatic heterocycles. The monoisotopic (exact) mass is 395 g/mol. The lowest BCUT2D eigenvalue weighted by Crippen LogP contribution is -2.38. The third-order valence-corrected chi connectivity index (χ3v) is 4.79. The summed E-state index contributed by atoms with van der Waals surface area (Å²) < 4.78 is 0. The van der Waals surface area contributed by atoms with Crippen LogP contribution in [-0.4, -0.2) is 23.9 Å². The molecule has 29 heavy (non-hydrogen) atoms. The normalized spacial score (nSPS) is 12.9. The smallest absolute Gasteiger partial charge is 0.242 e. The molecular formula is C24H33N3O2. The van der Waals surface area contributed by atoms with Gasteiger partial charge in [0.1, 0.15) is 6.04 Å². The molecule has 2 unspecified atom stereocenters. The van der Waals surface area contributed by atoms with Crippen LogP contribution in [0.2, 0.25) is 0 Å². The number of carbonyl (C=O) groups is 2. The zero-order chi connectivity index (χ0) is 21.4. The van der Waals surface area contributed by atoms with Crippen LogP contribution in [0.4, 0.5) is 5.69 Å². The fraction of sp³-hybridized carbons (Fsp3) is 0.417. The summed E-state index contributed by atoms with van der Waals surface area (Å²) in [5.41, 5.74) is 4.16. The van der Waals surface area contributed by atoms with E-state index in [1.807, 2.05) is 52.0 Å². The minimum absolute atomic E-state index is 0.00871. The van der Waals surface area contributed by atoms with Crippen molar-refractivity contribution < 1.29 is 9.59 Å². The van der Waals surface area contributed by atoms with Crippen LogP contribution in [0.3, 0.4) is 0 Å². The highest BCUT2D eigenvalue weighted by molar-refractivity contribution is 5.84. The first-order chi connectivity index (χ1) is 13.8. The van der Waals surface area contributed by atoms with E-state index in [0.29, 0.717) is 6.42 Å². The Kier molecular flexibility index (Phi) is 8.25. The van der Waals surface area contributed by atoms with Gasteiger partial charge in [-0.15, -0.1) is 0 Å². The van der Waals surface area contributed by atoms with E-state index in [-0.39, 0.29) is 29.9 Å². The molecule has 0 fully saturated rings. The Labute approximate surface area is 174 Å². The summed E-state index contributed by atoms with van der Waals surface area (Å²) in [6, 6.07) is 15.6. The summed E-state index contributed by atoms with van der Waals surface area (Å²) in [7, 11) is 0. The summed E-state index contributed by atoms with van der Waals surface area (Å²) in [5.74, 6) is -0.0492. The largest absolute Gasteiger partial charge is 0.374 e. The number of rotatable bonds is 9. The van der Waals surface area contributed by atoms with Gasteiger partial charge in [0.15, 0.2) is 0 Å². The van der Waals surface area contributed by atoms with Gasteiger partial charge in [0.2, 0.25) is 11.8 Å². The van der Waals surface area contributed by atoms with Crippen LogP contribution in [0, 0.1) is 0 Å². The quantitative estimate of drug-likeness (QED) is 0.601. The van der Waals surface area contributed by atoms with E-state index in [1.165, 1.54) is 5.56 Å². The van der Waals surface area contributed by atoms with Gasteiger partial charge in [0.25, 0.3) is 0 Å². The zero-order valence-corrected chi connectivity index (χ0v) is 18.1. The van der Waals surface area contributed by atoms with Crippen molar-refractivity contribution in [2.24, 2.45) is 0 Å². The highest BCUT2D eigenvalue weighted by atomic mass is 16.2. The average molecular weight is 396 g/mol. The van der Waals surface area contributed by atoms with Crippen LogP contribution in [-0.2, 0) is 22.4 Å². The maximum Gasteiger partial charge on any atom is 0.242 e. The van der Waals surface area contributed by atoms with E-state index in [4.69, 9.17) is 0 Å². The van der Waals surface area contributed by atoms with E-state index in [0.717, 1.165) is 23.2 Å². The maximum atomic E-state index is 12.5. The second kappa shape index (κ2) is 10.6. The Morgan fingerprint density at radius 2 is 1.41 bits per heavy atom. The number of hydrogen-bond acceptors (Lipinski definition) is 3. The third-order valence-electron chi connectivity index (χ3n) is 4.79. The molecule has 3 N–H and O–H groups in total. The Hall–Kier alpha value is -2.82. The van der Waals surface area contributed by atoms with Crippen LogP contribution in [0.1, 0.15) is 57.4 Å². The molecule has 0 aliphatic heterocycles. The first-order valence-corrected chi connectivity index (χ1v) is 10.3. The third kappa shape index (κ3) is 7.26. The van der Waals surface area contributed by atoms with Gasteiger partial charge < -0.3 is 16.0 Å². The Morgan fingerprint density at radius 3 is 1.97 bits per heavy atom. The van der Waals surface area contributed by atoms with Gasteiger partial charge in [-0.1, -0.05) is 43.3 Å². The summed E-state index contributed by atoms with van der Waals surface area (Å²) in [5, 5.41) is 9.16. The van der Waals surface area contributed by atoms with Crippen molar-refractivity contribution in [3.63, 3.8) is 0 Å². The van der Waals surface area contributed by atoms with Crippen LogP contribution in [0.25, 0.3) is 0 Å². The second-order valence-electron chi connectivity index (χ2n) is 7.79. The molecular weight excluding hydrogens is 362 g/mol.